The van der Waals surface area contributed by atoms with Crippen LogP contribution >= 0.6 is 0 Å². The lowest BCUT2D eigenvalue weighted by Crippen LogP contribution is -2.41. The molecule has 1 aromatic rings. The van der Waals surface area contributed by atoms with Gasteiger partial charge in [-0.05, 0) is 25.0 Å². The van der Waals surface area contributed by atoms with Gasteiger partial charge in [0, 0.05) is 25.2 Å². The van der Waals surface area contributed by atoms with E-state index in [9.17, 15) is 12.8 Å². The molecule has 0 bridgehead atoms. The van der Waals surface area contributed by atoms with E-state index < -0.39 is 10.1 Å². The van der Waals surface area contributed by atoms with Crippen LogP contribution in [0.3, 0.4) is 0 Å². The Kier molecular flexibility index (Phi) is 6.79. The van der Waals surface area contributed by atoms with Gasteiger partial charge in [0.25, 0.3) is 10.1 Å². The predicted octanol–water partition coefficient (Wildman–Crippen LogP) is 1.05. The second-order valence-electron chi connectivity index (χ2n) is 5.67. The van der Waals surface area contributed by atoms with Gasteiger partial charge in [-0.3, -0.25) is 4.55 Å². The summed E-state index contributed by atoms with van der Waals surface area (Å²) in [6.45, 7) is 3.77. The molecular formula is C15H23FN2O5S. The lowest BCUT2D eigenvalue weighted by Gasteiger charge is -2.26. The number of fused-ring (bicyclic) bond motifs is 1. The predicted molar refractivity (Wildman–Crippen MR) is 88.8 cm³/mol. The number of morpholine rings is 1. The summed E-state index contributed by atoms with van der Waals surface area (Å²) in [5, 5.41) is 6.50. The number of benzene rings is 1. The summed E-state index contributed by atoms with van der Waals surface area (Å²) < 4.78 is 51.0. The second kappa shape index (κ2) is 8.61. The number of anilines is 1. The maximum Gasteiger partial charge on any atom is 0.261 e. The molecule has 1 saturated heterocycles. The van der Waals surface area contributed by atoms with E-state index in [1.807, 2.05) is 0 Å². The average Bonchev–Trinajstić information content (AvgIpc) is 2.54. The van der Waals surface area contributed by atoms with Crippen LogP contribution in [0.2, 0.25) is 0 Å². The zero-order chi connectivity index (χ0) is 17.6. The topological polar surface area (TPSA) is 96.9 Å². The van der Waals surface area contributed by atoms with Crippen molar-refractivity contribution in [1.29, 1.82) is 0 Å². The highest BCUT2D eigenvalue weighted by Crippen LogP contribution is 2.34. The second-order valence-corrected chi connectivity index (χ2v) is 7.14. The molecule has 1 atom stereocenters. The quantitative estimate of drug-likeness (QED) is 0.692. The van der Waals surface area contributed by atoms with Crippen LogP contribution < -0.4 is 15.4 Å². The fraction of sp³-hybridized carbons (Fsp3) is 0.600. The molecule has 2 aliphatic heterocycles. The standard InChI is InChI=1S/C14H19FN2O2.CH4O3S/c15-12-3-4-13(14-11(12)2-1-5-17-14)19-9-10-8-16-6-7-18-10;1-5(2,3)4/h3-4,10,16-17H,1-2,5-9H2;1H3,(H,2,3,4). The molecule has 2 aliphatic rings. The third kappa shape index (κ3) is 6.23. The van der Waals surface area contributed by atoms with Crippen LogP contribution in [0.25, 0.3) is 0 Å². The van der Waals surface area contributed by atoms with E-state index in [4.69, 9.17) is 14.0 Å². The van der Waals surface area contributed by atoms with Gasteiger partial charge in [-0.1, -0.05) is 0 Å². The first-order valence-corrected chi connectivity index (χ1v) is 9.62. The largest absolute Gasteiger partial charge is 0.489 e. The van der Waals surface area contributed by atoms with Gasteiger partial charge in [-0.15, -0.1) is 0 Å². The summed E-state index contributed by atoms with van der Waals surface area (Å²) >= 11 is 0. The molecule has 1 unspecified atom stereocenters. The molecule has 0 amide bonds. The number of hydrogen-bond donors (Lipinski definition) is 3. The third-order valence-electron chi connectivity index (χ3n) is 3.55. The van der Waals surface area contributed by atoms with Crippen LogP contribution in [0.4, 0.5) is 10.1 Å². The van der Waals surface area contributed by atoms with Gasteiger partial charge in [0.2, 0.25) is 0 Å². The van der Waals surface area contributed by atoms with Crippen LogP contribution in [0.5, 0.6) is 5.75 Å². The van der Waals surface area contributed by atoms with Crippen LogP contribution in [-0.4, -0.2) is 58.2 Å². The van der Waals surface area contributed by atoms with Gasteiger partial charge in [0.1, 0.15) is 24.3 Å². The molecule has 7 nitrogen and oxygen atoms in total. The molecule has 1 aromatic carbocycles. The van der Waals surface area contributed by atoms with E-state index in [1.54, 1.807) is 6.07 Å². The first kappa shape index (κ1) is 18.9. The first-order chi connectivity index (χ1) is 11.3. The van der Waals surface area contributed by atoms with Gasteiger partial charge in [-0.25, -0.2) is 4.39 Å². The highest BCUT2D eigenvalue weighted by molar-refractivity contribution is 7.85. The third-order valence-corrected chi connectivity index (χ3v) is 3.55. The van der Waals surface area contributed by atoms with Crippen LogP contribution in [0.15, 0.2) is 12.1 Å². The number of nitrogens with one attached hydrogen (secondary N) is 2. The summed E-state index contributed by atoms with van der Waals surface area (Å²) in [6, 6.07) is 3.18. The Bertz CT molecular complexity index is 640. The van der Waals surface area contributed by atoms with Gasteiger partial charge in [0.05, 0.1) is 18.6 Å². The maximum absolute atomic E-state index is 13.7. The molecule has 24 heavy (non-hydrogen) atoms. The Balaban J connectivity index is 0.000000368. The molecule has 9 heteroatoms. The van der Waals surface area contributed by atoms with Crippen molar-refractivity contribution in [2.75, 3.05) is 44.4 Å². The van der Waals surface area contributed by atoms with Crippen molar-refractivity contribution in [1.82, 2.24) is 5.32 Å². The van der Waals surface area contributed by atoms with Crippen molar-refractivity contribution >= 4 is 15.8 Å². The SMILES string of the molecule is CS(=O)(=O)O.Fc1ccc(OCC2CNCCO2)c2c1CCCN2. The molecule has 0 aromatic heterocycles. The van der Waals surface area contributed by atoms with Crippen molar-refractivity contribution in [2.24, 2.45) is 0 Å². The summed E-state index contributed by atoms with van der Waals surface area (Å²) in [5.41, 5.74) is 1.56. The van der Waals surface area contributed by atoms with Gasteiger partial charge < -0.3 is 20.1 Å². The zero-order valence-electron chi connectivity index (χ0n) is 13.5. The number of rotatable bonds is 3. The summed E-state index contributed by atoms with van der Waals surface area (Å²) in [7, 11) is -3.67. The first-order valence-electron chi connectivity index (χ1n) is 7.77. The maximum atomic E-state index is 13.7. The van der Waals surface area contributed by atoms with Crippen molar-refractivity contribution < 1.29 is 26.8 Å². The molecule has 0 aliphatic carbocycles. The van der Waals surface area contributed by atoms with E-state index in [0.717, 1.165) is 49.5 Å². The molecule has 0 spiro atoms. The number of ether oxygens (including phenoxy) is 2. The zero-order valence-corrected chi connectivity index (χ0v) is 14.4. The van der Waals surface area contributed by atoms with Crippen LogP contribution in [-0.2, 0) is 21.3 Å². The molecule has 136 valence electrons. The Morgan fingerprint density at radius 2 is 2.17 bits per heavy atom. The molecular weight excluding hydrogens is 339 g/mol. The Hall–Kier alpha value is -1.42. The monoisotopic (exact) mass is 362 g/mol. The van der Waals surface area contributed by atoms with E-state index in [-0.39, 0.29) is 11.9 Å². The Labute approximate surface area is 141 Å². The summed E-state index contributed by atoms with van der Waals surface area (Å²) in [6.07, 6.45) is 2.51. The highest BCUT2D eigenvalue weighted by atomic mass is 32.2. The molecule has 3 rings (SSSR count). The summed E-state index contributed by atoms with van der Waals surface area (Å²) in [5.74, 6) is 0.579. The molecule has 3 N–H and O–H groups in total. The van der Waals surface area contributed by atoms with Gasteiger partial charge in [-0.2, -0.15) is 8.42 Å². The number of halogens is 1. The minimum Gasteiger partial charge on any atom is -0.489 e. The highest BCUT2D eigenvalue weighted by Gasteiger charge is 2.19. The van der Waals surface area contributed by atoms with Crippen molar-refractivity contribution in [2.45, 2.75) is 18.9 Å². The molecule has 1 fully saturated rings. The van der Waals surface area contributed by atoms with E-state index in [2.05, 4.69) is 10.6 Å². The van der Waals surface area contributed by atoms with Crippen molar-refractivity contribution in [3.63, 3.8) is 0 Å². The minimum absolute atomic E-state index is 0.0676. The van der Waals surface area contributed by atoms with Gasteiger partial charge >= 0.3 is 0 Å². The van der Waals surface area contributed by atoms with Crippen LogP contribution in [0, 0.1) is 5.82 Å². The van der Waals surface area contributed by atoms with Crippen molar-refractivity contribution in [3.8, 4) is 5.75 Å². The Morgan fingerprint density at radius 3 is 2.83 bits per heavy atom. The molecule has 2 heterocycles. The molecule has 0 saturated carbocycles. The van der Waals surface area contributed by atoms with E-state index in [1.165, 1.54) is 6.07 Å². The fourth-order valence-electron chi connectivity index (χ4n) is 2.55. The van der Waals surface area contributed by atoms with Crippen molar-refractivity contribution in [3.05, 3.63) is 23.5 Å². The smallest absolute Gasteiger partial charge is 0.261 e. The van der Waals surface area contributed by atoms with Crippen LogP contribution in [0.1, 0.15) is 12.0 Å². The molecule has 0 radical (unpaired) electrons. The normalized spacial score (nSPS) is 20.2. The minimum atomic E-state index is -3.67. The lowest BCUT2D eigenvalue weighted by atomic mass is 10.0. The lowest BCUT2D eigenvalue weighted by molar-refractivity contribution is 0.000308. The van der Waals surface area contributed by atoms with Gasteiger partial charge in [0.15, 0.2) is 0 Å². The fourth-order valence-corrected chi connectivity index (χ4v) is 2.55. The average molecular weight is 362 g/mol. The Morgan fingerprint density at radius 1 is 1.42 bits per heavy atom. The summed E-state index contributed by atoms with van der Waals surface area (Å²) in [4.78, 5) is 0. The number of hydrogen-bond acceptors (Lipinski definition) is 6. The van der Waals surface area contributed by atoms with E-state index in [0.29, 0.717) is 19.5 Å². The van der Waals surface area contributed by atoms with E-state index >= 15 is 0 Å².